The molecule has 0 bridgehead atoms. The third-order valence-electron chi connectivity index (χ3n) is 4.64. The van der Waals surface area contributed by atoms with Gasteiger partial charge >= 0.3 is 0 Å². The molecule has 2 aliphatic carbocycles. The van der Waals surface area contributed by atoms with E-state index in [0.29, 0.717) is 12.1 Å². The van der Waals surface area contributed by atoms with E-state index in [9.17, 15) is 5.11 Å². The third-order valence-corrected chi connectivity index (χ3v) is 5.81. The van der Waals surface area contributed by atoms with Crippen molar-refractivity contribution in [3.63, 3.8) is 0 Å². The van der Waals surface area contributed by atoms with Crippen molar-refractivity contribution >= 4 is 16.5 Å². The Bertz CT molecular complexity index is 476. The van der Waals surface area contributed by atoms with E-state index in [1.54, 1.807) is 11.3 Å². The Labute approximate surface area is 117 Å². The van der Waals surface area contributed by atoms with Crippen LogP contribution in [0.2, 0.25) is 0 Å². The molecule has 1 saturated carbocycles. The number of aliphatic hydroxyl groups is 1. The van der Waals surface area contributed by atoms with Crippen LogP contribution in [0.4, 0.5) is 5.13 Å². The molecule has 1 aromatic rings. The molecule has 1 aromatic heterocycles. The van der Waals surface area contributed by atoms with E-state index in [2.05, 4.69) is 4.90 Å². The molecule has 0 spiro atoms. The number of aromatic nitrogens is 1. The predicted molar refractivity (Wildman–Crippen MR) is 74.7 cm³/mol. The Morgan fingerprint density at radius 2 is 2.21 bits per heavy atom. The topological polar surface area (TPSA) is 45.6 Å². The van der Waals surface area contributed by atoms with Gasteiger partial charge in [0.15, 0.2) is 5.13 Å². The number of nitrogens with zero attached hydrogens (tertiary/aromatic N) is 2. The second-order valence-electron chi connectivity index (χ2n) is 5.81. The quantitative estimate of drug-likeness (QED) is 0.857. The molecule has 4 nitrogen and oxygen atoms in total. The number of anilines is 1. The Balaban J connectivity index is 1.64. The molecular formula is C14H20N2O2S. The van der Waals surface area contributed by atoms with Gasteiger partial charge in [-0.2, -0.15) is 0 Å². The summed E-state index contributed by atoms with van der Waals surface area (Å²) >= 11 is 1.79. The van der Waals surface area contributed by atoms with Gasteiger partial charge in [0.05, 0.1) is 30.6 Å². The van der Waals surface area contributed by atoms with Gasteiger partial charge in [0.2, 0.25) is 0 Å². The van der Waals surface area contributed by atoms with Gasteiger partial charge in [0.25, 0.3) is 0 Å². The molecule has 2 fully saturated rings. The zero-order valence-corrected chi connectivity index (χ0v) is 11.9. The average molecular weight is 280 g/mol. The molecule has 3 aliphatic rings. The highest BCUT2D eigenvalue weighted by Gasteiger charge is 2.38. The Morgan fingerprint density at radius 1 is 1.26 bits per heavy atom. The molecule has 3 unspecified atom stereocenters. The number of fused-ring (bicyclic) bond motifs is 2. The molecule has 0 amide bonds. The molecule has 0 radical (unpaired) electrons. The van der Waals surface area contributed by atoms with Gasteiger partial charge < -0.3 is 14.7 Å². The highest BCUT2D eigenvalue weighted by molar-refractivity contribution is 7.15. The van der Waals surface area contributed by atoms with Crippen molar-refractivity contribution in [1.29, 1.82) is 0 Å². The van der Waals surface area contributed by atoms with E-state index in [1.165, 1.54) is 24.1 Å². The van der Waals surface area contributed by atoms with Crippen LogP contribution in [0.25, 0.3) is 0 Å². The molecule has 19 heavy (non-hydrogen) atoms. The first-order chi connectivity index (χ1) is 9.33. The van der Waals surface area contributed by atoms with Crippen molar-refractivity contribution in [3.05, 3.63) is 10.6 Å². The van der Waals surface area contributed by atoms with Gasteiger partial charge in [-0.05, 0) is 38.5 Å². The lowest BCUT2D eigenvalue weighted by Crippen LogP contribution is -2.48. The maximum Gasteiger partial charge on any atom is 0.186 e. The normalized spacial score (nSPS) is 34.2. The van der Waals surface area contributed by atoms with Crippen LogP contribution in [0.1, 0.15) is 48.8 Å². The maximum absolute atomic E-state index is 10.1. The standard InChI is InChI=1S/C14H20N2O2S/c17-10-4-2-6-12-13(10)15-14(19-12)16-7-8-18-11-5-1-3-9(11)16/h9-11,17H,1-8H2. The zero-order valence-electron chi connectivity index (χ0n) is 11.0. The lowest BCUT2D eigenvalue weighted by atomic mass is 10.0. The van der Waals surface area contributed by atoms with Gasteiger partial charge in [0, 0.05) is 11.4 Å². The number of hydrogen-bond acceptors (Lipinski definition) is 5. The molecule has 5 heteroatoms. The number of morpholine rings is 1. The van der Waals surface area contributed by atoms with Crippen LogP contribution in [-0.4, -0.2) is 35.4 Å². The number of aryl methyl sites for hydroxylation is 1. The Morgan fingerprint density at radius 3 is 3.11 bits per heavy atom. The number of ether oxygens (including phenoxy) is 1. The highest BCUT2D eigenvalue weighted by atomic mass is 32.1. The monoisotopic (exact) mass is 280 g/mol. The summed E-state index contributed by atoms with van der Waals surface area (Å²) in [4.78, 5) is 8.50. The van der Waals surface area contributed by atoms with Gasteiger partial charge in [0.1, 0.15) is 0 Å². The largest absolute Gasteiger partial charge is 0.387 e. The van der Waals surface area contributed by atoms with Gasteiger partial charge in [-0.1, -0.05) is 0 Å². The summed E-state index contributed by atoms with van der Waals surface area (Å²) in [5, 5.41) is 11.2. The Kier molecular flexibility index (Phi) is 3.01. The lowest BCUT2D eigenvalue weighted by Gasteiger charge is -2.37. The average Bonchev–Trinajstić information content (AvgIpc) is 3.05. The molecule has 4 rings (SSSR count). The smallest absolute Gasteiger partial charge is 0.186 e. The fraction of sp³-hybridized carbons (Fsp3) is 0.786. The summed E-state index contributed by atoms with van der Waals surface area (Å²) in [6.45, 7) is 1.76. The van der Waals surface area contributed by atoms with E-state index in [1.807, 2.05) is 0 Å². The lowest BCUT2D eigenvalue weighted by molar-refractivity contribution is 0.0256. The van der Waals surface area contributed by atoms with Crippen molar-refractivity contribution in [3.8, 4) is 0 Å². The molecule has 104 valence electrons. The van der Waals surface area contributed by atoms with E-state index < -0.39 is 0 Å². The SMILES string of the molecule is OC1CCCc2sc(N3CCOC4CCCC43)nc21. The van der Waals surface area contributed by atoms with Crippen molar-refractivity contribution in [2.24, 2.45) is 0 Å². The van der Waals surface area contributed by atoms with Crippen molar-refractivity contribution in [2.75, 3.05) is 18.1 Å². The summed E-state index contributed by atoms with van der Waals surface area (Å²) in [6.07, 6.45) is 6.78. The molecule has 0 aromatic carbocycles. The van der Waals surface area contributed by atoms with Crippen molar-refractivity contribution in [1.82, 2.24) is 4.98 Å². The molecule has 1 saturated heterocycles. The minimum Gasteiger partial charge on any atom is -0.387 e. The van der Waals surface area contributed by atoms with Gasteiger partial charge in [-0.3, -0.25) is 0 Å². The van der Waals surface area contributed by atoms with Crippen LogP contribution in [0.3, 0.4) is 0 Å². The van der Waals surface area contributed by atoms with Crippen LogP contribution < -0.4 is 4.90 Å². The van der Waals surface area contributed by atoms with Gasteiger partial charge in [-0.15, -0.1) is 11.3 Å². The van der Waals surface area contributed by atoms with Crippen LogP contribution >= 0.6 is 11.3 Å². The summed E-state index contributed by atoms with van der Waals surface area (Å²) in [5.41, 5.74) is 0.951. The van der Waals surface area contributed by atoms with E-state index in [4.69, 9.17) is 9.72 Å². The zero-order chi connectivity index (χ0) is 12.8. The molecule has 3 atom stereocenters. The van der Waals surface area contributed by atoms with Crippen LogP contribution in [0, 0.1) is 0 Å². The van der Waals surface area contributed by atoms with E-state index >= 15 is 0 Å². The first kappa shape index (κ1) is 12.1. The van der Waals surface area contributed by atoms with E-state index in [0.717, 1.165) is 43.2 Å². The van der Waals surface area contributed by atoms with E-state index in [-0.39, 0.29) is 6.10 Å². The highest BCUT2D eigenvalue weighted by Crippen LogP contribution is 2.40. The first-order valence-electron chi connectivity index (χ1n) is 7.39. The maximum atomic E-state index is 10.1. The second kappa shape index (κ2) is 4.72. The Hall–Kier alpha value is -0.650. The van der Waals surface area contributed by atoms with Crippen LogP contribution in [-0.2, 0) is 11.2 Å². The molecule has 1 aliphatic heterocycles. The van der Waals surface area contributed by atoms with Gasteiger partial charge in [-0.25, -0.2) is 4.98 Å². The molecule has 1 N–H and O–H groups in total. The number of aliphatic hydroxyl groups excluding tert-OH is 1. The minimum absolute atomic E-state index is 0.339. The van der Waals surface area contributed by atoms with Crippen molar-refractivity contribution in [2.45, 2.75) is 56.8 Å². The molecule has 2 heterocycles. The number of rotatable bonds is 1. The van der Waals surface area contributed by atoms with Crippen molar-refractivity contribution < 1.29 is 9.84 Å². The second-order valence-corrected chi connectivity index (χ2v) is 6.88. The predicted octanol–water partition coefficient (Wildman–Crippen LogP) is 2.27. The minimum atomic E-state index is -0.339. The molecular weight excluding hydrogens is 260 g/mol. The van der Waals surface area contributed by atoms with Crippen LogP contribution in [0.15, 0.2) is 0 Å². The summed E-state index contributed by atoms with van der Waals surface area (Å²) < 4.78 is 5.86. The number of thiazole rings is 1. The fourth-order valence-corrected chi connectivity index (χ4v) is 4.91. The first-order valence-corrected chi connectivity index (χ1v) is 8.20. The summed E-state index contributed by atoms with van der Waals surface area (Å²) in [6, 6.07) is 0.512. The summed E-state index contributed by atoms with van der Waals surface area (Å²) in [5.74, 6) is 0. The number of hydrogen-bond donors (Lipinski definition) is 1. The summed E-state index contributed by atoms with van der Waals surface area (Å²) in [7, 11) is 0. The third kappa shape index (κ3) is 1.99. The van der Waals surface area contributed by atoms with Crippen LogP contribution in [0.5, 0.6) is 0 Å². The fourth-order valence-electron chi connectivity index (χ4n) is 3.67.